The lowest BCUT2D eigenvalue weighted by molar-refractivity contribution is -0.113. The Morgan fingerprint density at radius 1 is 1.23 bits per heavy atom. The van der Waals surface area contributed by atoms with Crippen molar-refractivity contribution in [2.45, 2.75) is 13.5 Å². The van der Waals surface area contributed by atoms with Gasteiger partial charge in [-0.2, -0.15) is 0 Å². The van der Waals surface area contributed by atoms with Gasteiger partial charge in [0, 0.05) is 22.9 Å². The van der Waals surface area contributed by atoms with Gasteiger partial charge in [-0.25, -0.2) is 0 Å². The zero-order chi connectivity index (χ0) is 18.8. The number of aryl methyl sites for hydroxylation is 1. The summed E-state index contributed by atoms with van der Waals surface area (Å²) >= 11 is 3.40. The summed E-state index contributed by atoms with van der Waals surface area (Å²) in [6.45, 7) is 3.37. The standard InChI is InChI=1S/C20H22BrN3O2/c1-15-13-17(21)7-8-18(15)24-20(25)19(9-10-22)23-11-12-26-14-16-5-3-2-4-6-16/h2-10,13,22-23H,11-12,14H2,1H3,(H,24,25)/b19-9-,22-10?. The third kappa shape index (κ3) is 6.46. The summed E-state index contributed by atoms with van der Waals surface area (Å²) in [6, 6.07) is 15.5. The molecular weight excluding hydrogens is 394 g/mol. The topological polar surface area (TPSA) is 74.2 Å². The number of rotatable bonds is 9. The van der Waals surface area contributed by atoms with E-state index in [9.17, 15) is 4.79 Å². The van der Waals surface area contributed by atoms with Crippen molar-refractivity contribution < 1.29 is 9.53 Å². The van der Waals surface area contributed by atoms with Crippen molar-refractivity contribution in [1.29, 1.82) is 5.41 Å². The molecule has 0 saturated heterocycles. The van der Waals surface area contributed by atoms with E-state index in [2.05, 4.69) is 26.6 Å². The first-order valence-electron chi connectivity index (χ1n) is 8.24. The fourth-order valence-corrected chi connectivity index (χ4v) is 2.75. The van der Waals surface area contributed by atoms with Gasteiger partial charge in [0.25, 0.3) is 5.91 Å². The molecule has 6 heteroatoms. The van der Waals surface area contributed by atoms with Crippen molar-refractivity contribution in [3.05, 3.63) is 75.9 Å². The second kappa shape index (κ2) is 10.5. The third-order valence-electron chi connectivity index (χ3n) is 3.60. The van der Waals surface area contributed by atoms with Gasteiger partial charge in [-0.05, 0) is 42.3 Å². The van der Waals surface area contributed by atoms with Crippen LogP contribution in [0, 0.1) is 12.3 Å². The molecule has 5 nitrogen and oxygen atoms in total. The number of hydrogen-bond acceptors (Lipinski definition) is 4. The summed E-state index contributed by atoms with van der Waals surface area (Å²) in [5.74, 6) is -0.290. The van der Waals surface area contributed by atoms with Crippen LogP contribution in [0.3, 0.4) is 0 Å². The molecule has 0 fully saturated rings. The van der Waals surface area contributed by atoms with Crippen LogP contribution in [-0.4, -0.2) is 25.3 Å². The fraction of sp³-hybridized carbons (Fsp3) is 0.200. The van der Waals surface area contributed by atoms with Gasteiger partial charge in [0.2, 0.25) is 0 Å². The molecule has 0 aromatic heterocycles. The van der Waals surface area contributed by atoms with Crippen molar-refractivity contribution in [2.24, 2.45) is 0 Å². The van der Waals surface area contributed by atoms with Gasteiger partial charge < -0.3 is 20.8 Å². The van der Waals surface area contributed by atoms with Crippen LogP contribution < -0.4 is 10.6 Å². The Labute approximate surface area is 162 Å². The van der Waals surface area contributed by atoms with Crippen molar-refractivity contribution in [3.8, 4) is 0 Å². The van der Waals surface area contributed by atoms with Crippen LogP contribution in [0.25, 0.3) is 0 Å². The number of allylic oxidation sites excluding steroid dienone is 1. The highest BCUT2D eigenvalue weighted by Crippen LogP contribution is 2.20. The second-order valence-corrected chi connectivity index (χ2v) is 6.54. The molecular formula is C20H22BrN3O2. The Balaban J connectivity index is 1.82. The molecule has 26 heavy (non-hydrogen) atoms. The number of carbonyl (C=O) groups is 1. The number of halogens is 1. The van der Waals surface area contributed by atoms with Crippen molar-refractivity contribution >= 4 is 33.7 Å². The molecule has 0 heterocycles. The smallest absolute Gasteiger partial charge is 0.271 e. The molecule has 3 N–H and O–H groups in total. The van der Waals surface area contributed by atoms with Crippen LogP contribution in [0.2, 0.25) is 0 Å². The second-order valence-electron chi connectivity index (χ2n) is 5.63. The Morgan fingerprint density at radius 3 is 2.69 bits per heavy atom. The van der Waals surface area contributed by atoms with E-state index in [4.69, 9.17) is 10.1 Å². The summed E-state index contributed by atoms with van der Waals surface area (Å²) in [6.07, 6.45) is 2.52. The number of amides is 1. The quantitative estimate of drug-likeness (QED) is 0.328. The molecule has 0 spiro atoms. The Hall–Kier alpha value is -2.44. The highest BCUT2D eigenvalue weighted by Gasteiger charge is 2.10. The molecule has 1 amide bonds. The lowest BCUT2D eigenvalue weighted by Crippen LogP contribution is -2.28. The largest absolute Gasteiger partial charge is 0.378 e. The van der Waals surface area contributed by atoms with Crippen LogP contribution in [-0.2, 0) is 16.1 Å². The predicted molar refractivity (Wildman–Crippen MR) is 108 cm³/mol. The van der Waals surface area contributed by atoms with Gasteiger partial charge in [-0.1, -0.05) is 46.3 Å². The molecule has 2 aromatic carbocycles. The number of benzene rings is 2. The van der Waals surface area contributed by atoms with Gasteiger partial charge in [0.1, 0.15) is 5.70 Å². The van der Waals surface area contributed by atoms with Crippen LogP contribution in [0.5, 0.6) is 0 Å². The molecule has 0 saturated carbocycles. The zero-order valence-corrected chi connectivity index (χ0v) is 16.2. The highest BCUT2D eigenvalue weighted by atomic mass is 79.9. The van der Waals surface area contributed by atoms with E-state index in [-0.39, 0.29) is 5.91 Å². The number of hydrogen-bond donors (Lipinski definition) is 3. The average Bonchev–Trinajstić information content (AvgIpc) is 2.63. The summed E-state index contributed by atoms with van der Waals surface area (Å²) in [4.78, 5) is 12.4. The first-order valence-corrected chi connectivity index (χ1v) is 9.03. The lowest BCUT2D eigenvalue weighted by atomic mass is 10.2. The van der Waals surface area contributed by atoms with Crippen molar-refractivity contribution in [2.75, 3.05) is 18.5 Å². The molecule has 0 unspecified atom stereocenters. The van der Waals surface area contributed by atoms with Gasteiger partial charge in [0.05, 0.1) is 13.2 Å². The van der Waals surface area contributed by atoms with Crippen molar-refractivity contribution in [3.63, 3.8) is 0 Å². The fourth-order valence-electron chi connectivity index (χ4n) is 2.28. The van der Waals surface area contributed by atoms with Crippen LogP contribution in [0.4, 0.5) is 5.69 Å². The molecule has 136 valence electrons. The van der Waals surface area contributed by atoms with E-state index in [0.29, 0.717) is 25.5 Å². The minimum atomic E-state index is -0.290. The molecule has 0 aliphatic rings. The minimum absolute atomic E-state index is 0.290. The molecule has 0 aliphatic heterocycles. The SMILES string of the molecule is Cc1cc(Br)ccc1NC(=O)/C(=C/C=N)NCCOCc1ccccc1. The van der Waals surface area contributed by atoms with E-state index in [1.165, 1.54) is 6.08 Å². The predicted octanol–water partition coefficient (Wildman–Crippen LogP) is 4.04. The van der Waals surface area contributed by atoms with Crippen molar-refractivity contribution in [1.82, 2.24) is 5.32 Å². The molecule has 0 radical (unpaired) electrons. The Bertz CT molecular complexity index is 776. The molecule has 2 rings (SSSR count). The van der Waals surface area contributed by atoms with Crippen LogP contribution >= 0.6 is 15.9 Å². The van der Waals surface area contributed by atoms with E-state index < -0.39 is 0 Å². The summed E-state index contributed by atoms with van der Waals surface area (Å²) < 4.78 is 6.55. The summed E-state index contributed by atoms with van der Waals surface area (Å²) in [5, 5.41) is 13.1. The van der Waals surface area contributed by atoms with E-state index in [1.807, 2.05) is 55.5 Å². The Morgan fingerprint density at radius 2 is 2.00 bits per heavy atom. The number of nitrogens with one attached hydrogen (secondary N) is 3. The van der Waals surface area contributed by atoms with Gasteiger partial charge in [0.15, 0.2) is 0 Å². The average molecular weight is 416 g/mol. The third-order valence-corrected chi connectivity index (χ3v) is 4.10. The minimum Gasteiger partial charge on any atom is -0.378 e. The van der Waals surface area contributed by atoms with Crippen LogP contribution in [0.1, 0.15) is 11.1 Å². The highest BCUT2D eigenvalue weighted by molar-refractivity contribution is 9.10. The van der Waals surface area contributed by atoms with Gasteiger partial charge in [-0.15, -0.1) is 0 Å². The molecule has 0 bridgehead atoms. The summed E-state index contributed by atoms with van der Waals surface area (Å²) in [5.41, 5.74) is 3.11. The van der Waals surface area contributed by atoms with Gasteiger partial charge in [-0.3, -0.25) is 4.79 Å². The maximum Gasteiger partial charge on any atom is 0.271 e. The maximum atomic E-state index is 12.4. The first-order chi connectivity index (χ1) is 12.6. The summed E-state index contributed by atoms with van der Waals surface area (Å²) in [7, 11) is 0. The first kappa shape index (κ1) is 19.9. The number of ether oxygens (including phenoxy) is 1. The maximum absolute atomic E-state index is 12.4. The van der Waals surface area contributed by atoms with Crippen LogP contribution in [0.15, 0.2) is 64.8 Å². The van der Waals surface area contributed by atoms with E-state index in [1.54, 1.807) is 0 Å². The zero-order valence-electron chi connectivity index (χ0n) is 14.6. The normalized spacial score (nSPS) is 11.1. The Kier molecular flexibility index (Phi) is 8.05. The number of carbonyl (C=O) groups excluding carboxylic acids is 1. The molecule has 2 aromatic rings. The monoisotopic (exact) mass is 415 g/mol. The lowest BCUT2D eigenvalue weighted by Gasteiger charge is -2.13. The van der Waals surface area contributed by atoms with E-state index >= 15 is 0 Å². The van der Waals surface area contributed by atoms with Gasteiger partial charge >= 0.3 is 0 Å². The molecule has 0 atom stereocenters. The number of anilines is 1. The van der Waals surface area contributed by atoms with E-state index in [0.717, 1.165) is 27.5 Å². The molecule has 0 aliphatic carbocycles.